The summed E-state index contributed by atoms with van der Waals surface area (Å²) >= 11 is 0. The summed E-state index contributed by atoms with van der Waals surface area (Å²) < 4.78 is 5.55. The van der Waals surface area contributed by atoms with Gasteiger partial charge in [-0.25, -0.2) is 0 Å². The molecule has 0 aromatic heterocycles. The molecular formula is C24H37N3O3. The van der Waals surface area contributed by atoms with Crippen LogP contribution in [0.3, 0.4) is 0 Å². The van der Waals surface area contributed by atoms with Gasteiger partial charge in [0.2, 0.25) is 11.8 Å². The van der Waals surface area contributed by atoms with E-state index >= 15 is 0 Å². The summed E-state index contributed by atoms with van der Waals surface area (Å²) in [5.74, 6) is -0.171. The Morgan fingerprint density at radius 2 is 1.73 bits per heavy atom. The molecule has 1 aliphatic carbocycles. The molecule has 2 aliphatic rings. The van der Waals surface area contributed by atoms with Gasteiger partial charge in [0.25, 0.3) is 0 Å². The van der Waals surface area contributed by atoms with Crippen molar-refractivity contribution in [3.05, 3.63) is 35.9 Å². The number of ether oxygens (including phenoxy) is 1. The zero-order valence-electron chi connectivity index (χ0n) is 18.5. The topological polar surface area (TPSA) is 70.7 Å². The van der Waals surface area contributed by atoms with Gasteiger partial charge in [-0.2, -0.15) is 0 Å². The summed E-state index contributed by atoms with van der Waals surface area (Å²) in [6.45, 7) is 7.98. The van der Waals surface area contributed by atoms with Crippen LogP contribution in [0.15, 0.2) is 30.3 Å². The van der Waals surface area contributed by atoms with E-state index in [1.807, 2.05) is 44.2 Å². The maximum atomic E-state index is 13.1. The maximum Gasteiger partial charge on any atom is 0.242 e. The van der Waals surface area contributed by atoms with Gasteiger partial charge in [0.1, 0.15) is 6.04 Å². The fourth-order valence-corrected chi connectivity index (χ4v) is 4.75. The van der Waals surface area contributed by atoms with E-state index in [-0.39, 0.29) is 29.7 Å². The largest absolute Gasteiger partial charge is 0.379 e. The van der Waals surface area contributed by atoms with Crippen LogP contribution in [-0.4, -0.2) is 61.1 Å². The minimum Gasteiger partial charge on any atom is -0.379 e. The Kier molecular flexibility index (Phi) is 8.28. The maximum absolute atomic E-state index is 13.1. The molecule has 1 unspecified atom stereocenters. The SMILES string of the molecule is CC(C)C(NC(=O)Cc1ccccc1)C(=O)NCC1(N2CCOCC2)CCCCC1. The number of amides is 2. The second-order valence-corrected chi connectivity index (χ2v) is 9.05. The quantitative estimate of drug-likeness (QED) is 0.685. The highest BCUT2D eigenvalue weighted by molar-refractivity contribution is 5.88. The number of nitrogens with one attached hydrogen (secondary N) is 2. The number of rotatable bonds is 8. The number of hydrogen-bond donors (Lipinski definition) is 2. The van der Waals surface area contributed by atoms with Crippen molar-refractivity contribution >= 4 is 11.8 Å². The van der Waals surface area contributed by atoms with Crippen molar-refractivity contribution in [3.8, 4) is 0 Å². The van der Waals surface area contributed by atoms with Gasteiger partial charge in [0, 0.05) is 25.2 Å². The number of benzene rings is 1. The third-order valence-corrected chi connectivity index (χ3v) is 6.53. The molecule has 1 aliphatic heterocycles. The fraction of sp³-hybridized carbons (Fsp3) is 0.667. The molecule has 6 heteroatoms. The van der Waals surface area contributed by atoms with E-state index in [4.69, 9.17) is 4.74 Å². The second kappa shape index (κ2) is 10.9. The van der Waals surface area contributed by atoms with Crippen LogP contribution in [0.4, 0.5) is 0 Å². The molecule has 6 nitrogen and oxygen atoms in total. The molecule has 1 saturated carbocycles. The van der Waals surface area contributed by atoms with Gasteiger partial charge in [-0.05, 0) is 24.3 Å². The monoisotopic (exact) mass is 415 g/mol. The molecule has 2 N–H and O–H groups in total. The highest BCUT2D eigenvalue weighted by Gasteiger charge is 2.39. The zero-order chi connectivity index (χ0) is 21.4. The summed E-state index contributed by atoms with van der Waals surface area (Å²) in [5, 5.41) is 6.16. The Morgan fingerprint density at radius 3 is 2.37 bits per heavy atom. The van der Waals surface area contributed by atoms with Crippen molar-refractivity contribution < 1.29 is 14.3 Å². The fourth-order valence-electron chi connectivity index (χ4n) is 4.75. The minimum absolute atomic E-state index is 0.0211. The van der Waals surface area contributed by atoms with Gasteiger partial charge in [0.05, 0.1) is 19.6 Å². The van der Waals surface area contributed by atoms with E-state index in [2.05, 4.69) is 15.5 Å². The summed E-state index contributed by atoms with van der Waals surface area (Å²) in [5.41, 5.74) is 0.971. The number of carbonyl (C=O) groups is 2. The average molecular weight is 416 g/mol. The molecule has 0 radical (unpaired) electrons. The molecule has 1 heterocycles. The molecule has 30 heavy (non-hydrogen) atoms. The molecule has 2 amide bonds. The normalized spacial score (nSPS) is 20.5. The lowest BCUT2D eigenvalue weighted by atomic mass is 9.79. The molecule has 2 fully saturated rings. The summed E-state index contributed by atoms with van der Waals surface area (Å²) in [7, 11) is 0. The van der Waals surface area contributed by atoms with Crippen LogP contribution < -0.4 is 10.6 Å². The van der Waals surface area contributed by atoms with Crippen molar-refractivity contribution in [2.24, 2.45) is 5.92 Å². The van der Waals surface area contributed by atoms with Gasteiger partial charge in [0.15, 0.2) is 0 Å². The number of morpholine rings is 1. The predicted molar refractivity (Wildman–Crippen MR) is 118 cm³/mol. The Bertz CT molecular complexity index is 680. The first-order valence-corrected chi connectivity index (χ1v) is 11.4. The van der Waals surface area contributed by atoms with Gasteiger partial charge in [-0.15, -0.1) is 0 Å². The van der Waals surface area contributed by atoms with Crippen molar-refractivity contribution in [1.82, 2.24) is 15.5 Å². The predicted octanol–water partition coefficient (Wildman–Crippen LogP) is 2.52. The Hall–Kier alpha value is -1.92. The van der Waals surface area contributed by atoms with Crippen molar-refractivity contribution in [3.63, 3.8) is 0 Å². The van der Waals surface area contributed by atoms with E-state index < -0.39 is 6.04 Å². The first-order valence-electron chi connectivity index (χ1n) is 11.4. The lowest BCUT2D eigenvalue weighted by Crippen LogP contribution is -2.61. The van der Waals surface area contributed by atoms with Crippen molar-refractivity contribution in [2.45, 2.75) is 64.0 Å². The van der Waals surface area contributed by atoms with Gasteiger partial charge < -0.3 is 15.4 Å². The van der Waals surface area contributed by atoms with Crippen LogP contribution in [0.1, 0.15) is 51.5 Å². The van der Waals surface area contributed by atoms with Crippen LogP contribution >= 0.6 is 0 Å². The molecule has 1 saturated heterocycles. The number of nitrogens with zero attached hydrogens (tertiary/aromatic N) is 1. The highest BCUT2D eigenvalue weighted by Crippen LogP contribution is 2.33. The van der Waals surface area contributed by atoms with Crippen molar-refractivity contribution in [1.29, 1.82) is 0 Å². The second-order valence-electron chi connectivity index (χ2n) is 9.05. The van der Waals surface area contributed by atoms with Crippen LogP contribution in [0.2, 0.25) is 0 Å². The van der Waals surface area contributed by atoms with E-state index in [9.17, 15) is 9.59 Å². The molecule has 1 aromatic carbocycles. The van der Waals surface area contributed by atoms with E-state index in [0.29, 0.717) is 6.54 Å². The summed E-state index contributed by atoms with van der Waals surface area (Å²) in [6, 6.07) is 9.11. The standard InChI is InChI=1S/C24H37N3O3/c1-19(2)22(26-21(28)17-20-9-5-3-6-10-20)23(29)25-18-24(11-7-4-8-12-24)27-13-15-30-16-14-27/h3,5-6,9-10,19,22H,4,7-8,11-18H2,1-2H3,(H,25,29)(H,26,28). The molecular weight excluding hydrogens is 378 g/mol. The molecule has 1 atom stereocenters. The number of hydrogen-bond acceptors (Lipinski definition) is 4. The lowest BCUT2D eigenvalue weighted by Gasteiger charge is -2.48. The van der Waals surface area contributed by atoms with Crippen LogP contribution in [-0.2, 0) is 20.7 Å². The van der Waals surface area contributed by atoms with Crippen LogP contribution in [0.5, 0.6) is 0 Å². The van der Waals surface area contributed by atoms with Crippen LogP contribution in [0, 0.1) is 5.92 Å². The van der Waals surface area contributed by atoms with Gasteiger partial charge in [-0.3, -0.25) is 14.5 Å². The molecule has 3 rings (SSSR count). The Balaban J connectivity index is 1.59. The van der Waals surface area contributed by atoms with Gasteiger partial charge in [-0.1, -0.05) is 63.4 Å². The molecule has 0 spiro atoms. The number of carbonyl (C=O) groups excluding carboxylic acids is 2. The molecule has 166 valence electrons. The molecule has 0 bridgehead atoms. The first kappa shape index (κ1) is 22.8. The van der Waals surface area contributed by atoms with Crippen molar-refractivity contribution in [2.75, 3.05) is 32.8 Å². The smallest absolute Gasteiger partial charge is 0.242 e. The highest BCUT2D eigenvalue weighted by atomic mass is 16.5. The molecule has 1 aromatic rings. The van der Waals surface area contributed by atoms with E-state index in [1.54, 1.807) is 0 Å². The first-order chi connectivity index (χ1) is 14.5. The minimum atomic E-state index is -0.522. The Labute approximate surface area is 180 Å². The lowest BCUT2D eigenvalue weighted by molar-refractivity contribution is -0.130. The van der Waals surface area contributed by atoms with E-state index in [0.717, 1.165) is 44.7 Å². The van der Waals surface area contributed by atoms with E-state index in [1.165, 1.54) is 19.3 Å². The third kappa shape index (κ3) is 6.05. The summed E-state index contributed by atoms with van der Waals surface area (Å²) in [6.07, 6.45) is 6.18. The van der Waals surface area contributed by atoms with Crippen LogP contribution in [0.25, 0.3) is 0 Å². The Morgan fingerprint density at radius 1 is 1.07 bits per heavy atom. The average Bonchev–Trinajstić information content (AvgIpc) is 2.77. The zero-order valence-corrected chi connectivity index (χ0v) is 18.5. The van der Waals surface area contributed by atoms with Gasteiger partial charge >= 0.3 is 0 Å². The third-order valence-electron chi connectivity index (χ3n) is 6.53. The summed E-state index contributed by atoms with van der Waals surface area (Å²) in [4.78, 5) is 28.1.